The van der Waals surface area contributed by atoms with Gasteiger partial charge in [-0.3, -0.25) is 4.79 Å². The zero-order valence-corrected chi connectivity index (χ0v) is 16.7. The molecule has 0 aliphatic rings. The Labute approximate surface area is 157 Å². The van der Waals surface area contributed by atoms with Crippen LogP contribution in [0.15, 0.2) is 12.2 Å². The quantitative estimate of drug-likeness (QED) is 0.136. The van der Waals surface area contributed by atoms with Gasteiger partial charge in [0.25, 0.3) is 0 Å². The summed E-state index contributed by atoms with van der Waals surface area (Å²) >= 11 is 0. The van der Waals surface area contributed by atoms with Gasteiger partial charge < -0.3 is 0 Å². The maximum atomic E-state index is 10.8. The number of nitriles is 1. The van der Waals surface area contributed by atoms with Crippen molar-refractivity contribution in [3.63, 3.8) is 0 Å². The van der Waals surface area contributed by atoms with Crippen molar-refractivity contribution >= 4 is 5.78 Å². The predicted octanol–water partition coefficient (Wildman–Crippen LogP) is 7.68. The number of Topliss-reactive ketones (excluding diaryl/α,β-unsaturated/α-hetero) is 1. The lowest BCUT2D eigenvalue weighted by Crippen LogP contribution is -1.92. The Bertz CT molecular complexity index is 354. The van der Waals surface area contributed by atoms with Crippen LogP contribution < -0.4 is 0 Å². The largest absolute Gasteiger partial charge is 0.283 e. The standard InChI is InChI=1S/C23H41NO/c1-2-3-4-5-6-7-8-9-10-11-12-13-14-15-16-17-18-19-20-21-23(25)22-24/h9-10H,2-8,11-21H2,1H3. The maximum Gasteiger partial charge on any atom is 0.231 e. The predicted molar refractivity (Wildman–Crippen MR) is 109 cm³/mol. The molecule has 0 aromatic carbocycles. The van der Waals surface area contributed by atoms with Crippen molar-refractivity contribution in [2.24, 2.45) is 0 Å². The smallest absolute Gasteiger partial charge is 0.231 e. The molecule has 0 radical (unpaired) electrons. The normalized spacial score (nSPS) is 11.0. The fourth-order valence-corrected chi connectivity index (χ4v) is 3.12. The molecule has 0 N–H and O–H groups in total. The summed E-state index contributed by atoms with van der Waals surface area (Å²) in [6.07, 6.45) is 27.3. The van der Waals surface area contributed by atoms with Crippen LogP contribution in [0.25, 0.3) is 0 Å². The van der Waals surface area contributed by atoms with Crippen molar-refractivity contribution < 1.29 is 4.79 Å². The van der Waals surface area contributed by atoms with Crippen molar-refractivity contribution in [1.82, 2.24) is 0 Å². The molecule has 0 saturated heterocycles. The SMILES string of the molecule is CCCCCCCCC=CCCCCCCCCCCCC(=O)C#N. The minimum atomic E-state index is -0.263. The summed E-state index contributed by atoms with van der Waals surface area (Å²) in [6, 6.07) is 1.68. The molecular weight excluding hydrogens is 306 g/mol. The minimum absolute atomic E-state index is 0.263. The molecule has 0 amide bonds. The molecule has 0 aromatic heterocycles. The molecule has 0 aromatic rings. The van der Waals surface area contributed by atoms with Crippen LogP contribution in [0.5, 0.6) is 0 Å². The van der Waals surface area contributed by atoms with Gasteiger partial charge in [0.2, 0.25) is 5.78 Å². The van der Waals surface area contributed by atoms with Gasteiger partial charge in [-0.25, -0.2) is 0 Å². The Morgan fingerprint density at radius 1 is 0.680 bits per heavy atom. The van der Waals surface area contributed by atoms with Crippen LogP contribution in [0, 0.1) is 11.3 Å². The molecule has 25 heavy (non-hydrogen) atoms. The molecule has 0 spiro atoms. The molecule has 2 heteroatoms. The zero-order chi connectivity index (χ0) is 18.4. The second-order valence-electron chi connectivity index (χ2n) is 7.28. The molecule has 2 nitrogen and oxygen atoms in total. The van der Waals surface area contributed by atoms with E-state index in [0.717, 1.165) is 12.8 Å². The van der Waals surface area contributed by atoms with Gasteiger partial charge in [0.05, 0.1) is 0 Å². The Morgan fingerprint density at radius 3 is 1.52 bits per heavy atom. The zero-order valence-electron chi connectivity index (χ0n) is 16.7. The van der Waals surface area contributed by atoms with E-state index in [2.05, 4.69) is 19.1 Å². The fourth-order valence-electron chi connectivity index (χ4n) is 3.12. The van der Waals surface area contributed by atoms with Crippen LogP contribution in [0.4, 0.5) is 0 Å². The van der Waals surface area contributed by atoms with Crippen molar-refractivity contribution in [3.05, 3.63) is 12.2 Å². The highest BCUT2D eigenvalue weighted by molar-refractivity contribution is 5.93. The average Bonchev–Trinajstić information content (AvgIpc) is 2.63. The van der Waals surface area contributed by atoms with Gasteiger partial charge >= 0.3 is 0 Å². The van der Waals surface area contributed by atoms with E-state index in [1.54, 1.807) is 6.07 Å². The van der Waals surface area contributed by atoms with E-state index in [0.29, 0.717) is 6.42 Å². The summed E-state index contributed by atoms with van der Waals surface area (Å²) in [4.78, 5) is 10.8. The Hall–Kier alpha value is -1.10. The van der Waals surface area contributed by atoms with Gasteiger partial charge in [-0.15, -0.1) is 0 Å². The summed E-state index contributed by atoms with van der Waals surface area (Å²) in [5.41, 5.74) is 0. The van der Waals surface area contributed by atoms with Gasteiger partial charge in [-0.05, 0) is 32.1 Å². The molecule has 0 aliphatic heterocycles. The summed E-state index contributed by atoms with van der Waals surface area (Å²) in [7, 11) is 0. The number of carbonyl (C=O) groups excluding carboxylic acids is 1. The summed E-state index contributed by atoms with van der Waals surface area (Å²) in [6.45, 7) is 2.27. The first-order valence-corrected chi connectivity index (χ1v) is 10.9. The molecule has 0 aliphatic carbocycles. The summed E-state index contributed by atoms with van der Waals surface area (Å²) in [5, 5.41) is 8.38. The molecule has 0 bridgehead atoms. The number of hydrogen-bond acceptors (Lipinski definition) is 2. The van der Waals surface area contributed by atoms with Crippen LogP contribution in [0.3, 0.4) is 0 Å². The average molecular weight is 348 g/mol. The van der Waals surface area contributed by atoms with E-state index in [-0.39, 0.29) is 5.78 Å². The third-order valence-electron chi connectivity index (χ3n) is 4.79. The van der Waals surface area contributed by atoms with E-state index in [1.165, 1.54) is 96.3 Å². The van der Waals surface area contributed by atoms with Crippen molar-refractivity contribution in [3.8, 4) is 6.07 Å². The van der Waals surface area contributed by atoms with Gasteiger partial charge in [0.1, 0.15) is 6.07 Å². The topological polar surface area (TPSA) is 40.9 Å². The number of nitrogens with zero attached hydrogens (tertiary/aromatic N) is 1. The Kier molecular flexibility index (Phi) is 20.0. The third-order valence-corrected chi connectivity index (χ3v) is 4.79. The number of ketones is 1. The lowest BCUT2D eigenvalue weighted by molar-refractivity contribution is -0.114. The van der Waals surface area contributed by atoms with Gasteiger partial charge in [0.15, 0.2) is 0 Å². The number of unbranched alkanes of at least 4 members (excludes halogenated alkanes) is 15. The highest BCUT2D eigenvalue weighted by Crippen LogP contribution is 2.12. The lowest BCUT2D eigenvalue weighted by Gasteiger charge is -2.01. The summed E-state index contributed by atoms with van der Waals surface area (Å²) in [5.74, 6) is -0.263. The number of carbonyl (C=O) groups is 1. The van der Waals surface area contributed by atoms with Crippen LogP contribution in [-0.2, 0) is 4.79 Å². The summed E-state index contributed by atoms with van der Waals surface area (Å²) < 4.78 is 0. The minimum Gasteiger partial charge on any atom is -0.283 e. The molecule has 0 rings (SSSR count). The lowest BCUT2D eigenvalue weighted by atomic mass is 10.0. The first kappa shape index (κ1) is 23.9. The number of hydrogen-bond donors (Lipinski definition) is 0. The highest BCUT2D eigenvalue weighted by atomic mass is 16.1. The van der Waals surface area contributed by atoms with E-state index in [9.17, 15) is 4.79 Å². The maximum absolute atomic E-state index is 10.8. The van der Waals surface area contributed by atoms with E-state index < -0.39 is 0 Å². The van der Waals surface area contributed by atoms with E-state index in [1.807, 2.05) is 0 Å². The Morgan fingerprint density at radius 2 is 1.08 bits per heavy atom. The van der Waals surface area contributed by atoms with Gasteiger partial charge in [-0.2, -0.15) is 5.26 Å². The molecule has 0 heterocycles. The van der Waals surface area contributed by atoms with Crippen LogP contribution in [0.1, 0.15) is 122 Å². The van der Waals surface area contributed by atoms with Crippen molar-refractivity contribution in [1.29, 1.82) is 5.26 Å². The van der Waals surface area contributed by atoms with Crippen LogP contribution >= 0.6 is 0 Å². The second kappa shape index (κ2) is 20.9. The molecule has 0 fully saturated rings. The number of rotatable bonds is 19. The van der Waals surface area contributed by atoms with Crippen LogP contribution in [-0.4, -0.2) is 5.78 Å². The third kappa shape index (κ3) is 20.9. The highest BCUT2D eigenvalue weighted by Gasteiger charge is 1.98. The van der Waals surface area contributed by atoms with E-state index in [4.69, 9.17) is 5.26 Å². The van der Waals surface area contributed by atoms with Gasteiger partial charge in [0, 0.05) is 6.42 Å². The van der Waals surface area contributed by atoms with Crippen LogP contribution in [0.2, 0.25) is 0 Å². The molecule has 0 unspecified atom stereocenters. The molecular formula is C23H41NO. The van der Waals surface area contributed by atoms with Gasteiger partial charge in [-0.1, -0.05) is 96.1 Å². The fraction of sp³-hybridized carbons (Fsp3) is 0.826. The molecule has 0 atom stereocenters. The first-order valence-electron chi connectivity index (χ1n) is 10.9. The monoisotopic (exact) mass is 347 g/mol. The van der Waals surface area contributed by atoms with E-state index >= 15 is 0 Å². The Balaban J connectivity index is 3.10. The van der Waals surface area contributed by atoms with Crippen molar-refractivity contribution in [2.45, 2.75) is 122 Å². The van der Waals surface area contributed by atoms with Crippen molar-refractivity contribution in [2.75, 3.05) is 0 Å². The number of allylic oxidation sites excluding steroid dienone is 2. The first-order chi connectivity index (χ1) is 12.3. The molecule has 0 saturated carbocycles. The molecule has 144 valence electrons. The second-order valence-corrected chi connectivity index (χ2v) is 7.28.